The molecule has 0 bridgehead atoms. The van der Waals surface area contributed by atoms with Crippen LogP contribution >= 0.6 is 11.3 Å². The fourth-order valence-corrected chi connectivity index (χ4v) is 1.97. The van der Waals surface area contributed by atoms with Crippen LogP contribution < -0.4 is 9.47 Å². The van der Waals surface area contributed by atoms with Crippen molar-refractivity contribution in [1.29, 1.82) is 0 Å². The lowest BCUT2D eigenvalue weighted by molar-refractivity contribution is 0.174. The van der Waals surface area contributed by atoms with Crippen LogP contribution in [0.15, 0.2) is 17.6 Å². The van der Waals surface area contributed by atoms with Gasteiger partial charge in [-0.2, -0.15) is 0 Å². The summed E-state index contributed by atoms with van der Waals surface area (Å²) in [5, 5.41) is 0. The Morgan fingerprint density at radius 1 is 1.33 bits per heavy atom. The first-order chi connectivity index (χ1) is 5.95. The fourth-order valence-electron chi connectivity index (χ4n) is 1.29. The van der Waals surface area contributed by atoms with Crippen molar-refractivity contribution in [3.63, 3.8) is 0 Å². The van der Waals surface area contributed by atoms with Crippen molar-refractivity contribution in [1.82, 2.24) is 4.98 Å². The number of fused-ring (bicyclic) bond motifs is 3. The number of hydrogen-bond donors (Lipinski definition) is 0. The summed E-state index contributed by atoms with van der Waals surface area (Å²) in [5.74, 6) is 1.59. The fraction of sp³-hybridized carbons (Fsp3) is 0.125. The first kappa shape index (κ1) is 6.25. The van der Waals surface area contributed by atoms with E-state index in [1.807, 2.05) is 17.6 Å². The van der Waals surface area contributed by atoms with Crippen molar-refractivity contribution in [3.05, 3.63) is 17.6 Å². The normalized spacial score (nSPS) is 14.0. The van der Waals surface area contributed by atoms with Gasteiger partial charge < -0.3 is 9.47 Å². The Kier molecular flexibility index (Phi) is 1.10. The summed E-state index contributed by atoms with van der Waals surface area (Å²) in [6, 6.07) is 3.92. The zero-order valence-electron chi connectivity index (χ0n) is 6.11. The Bertz CT molecular complexity index is 438. The van der Waals surface area contributed by atoms with Gasteiger partial charge in [-0.25, -0.2) is 4.98 Å². The SMILES string of the molecule is c1nc2c3c(ccc2s1)OCO3. The lowest BCUT2D eigenvalue weighted by Crippen LogP contribution is -1.93. The molecule has 0 saturated heterocycles. The van der Waals surface area contributed by atoms with Crippen molar-refractivity contribution in [2.75, 3.05) is 6.79 Å². The van der Waals surface area contributed by atoms with Crippen LogP contribution in [-0.4, -0.2) is 11.8 Å². The van der Waals surface area contributed by atoms with Gasteiger partial charge in [-0.15, -0.1) is 11.3 Å². The molecule has 0 aliphatic carbocycles. The van der Waals surface area contributed by atoms with Gasteiger partial charge >= 0.3 is 0 Å². The van der Waals surface area contributed by atoms with Crippen LogP contribution in [0, 0.1) is 0 Å². The van der Waals surface area contributed by atoms with E-state index in [-0.39, 0.29) is 0 Å². The Balaban J connectivity index is 2.46. The predicted octanol–water partition coefficient (Wildman–Crippen LogP) is 2.02. The van der Waals surface area contributed by atoms with Crippen LogP contribution in [-0.2, 0) is 0 Å². The summed E-state index contributed by atoms with van der Waals surface area (Å²) < 4.78 is 11.6. The van der Waals surface area contributed by atoms with Crippen molar-refractivity contribution in [2.45, 2.75) is 0 Å². The van der Waals surface area contributed by atoms with Crippen LogP contribution in [0.1, 0.15) is 0 Å². The maximum Gasteiger partial charge on any atom is 0.231 e. The van der Waals surface area contributed by atoms with Crippen LogP contribution in [0.5, 0.6) is 11.5 Å². The van der Waals surface area contributed by atoms with Crippen LogP contribution in [0.3, 0.4) is 0 Å². The molecule has 0 fully saturated rings. The Morgan fingerprint density at radius 2 is 2.33 bits per heavy atom. The van der Waals surface area contributed by atoms with Crippen LogP contribution in [0.4, 0.5) is 0 Å². The maximum absolute atomic E-state index is 5.29. The molecule has 2 heterocycles. The molecular formula is C8H5NO2S. The lowest BCUT2D eigenvalue weighted by atomic mass is 10.3. The number of nitrogens with zero attached hydrogens (tertiary/aromatic N) is 1. The molecule has 1 aromatic heterocycles. The highest BCUT2D eigenvalue weighted by Crippen LogP contribution is 2.39. The van der Waals surface area contributed by atoms with E-state index in [0.29, 0.717) is 6.79 Å². The first-order valence-electron chi connectivity index (χ1n) is 3.57. The summed E-state index contributed by atoms with van der Waals surface area (Å²) in [5.41, 5.74) is 2.72. The number of aromatic nitrogens is 1. The van der Waals surface area contributed by atoms with Gasteiger partial charge in [0.15, 0.2) is 11.5 Å². The summed E-state index contributed by atoms with van der Waals surface area (Å²) in [6.45, 7) is 0.311. The largest absolute Gasteiger partial charge is 0.454 e. The number of ether oxygens (including phenoxy) is 2. The number of benzene rings is 1. The molecule has 1 aliphatic heterocycles. The third-order valence-corrected chi connectivity index (χ3v) is 2.63. The summed E-state index contributed by atoms with van der Waals surface area (Å²) in [7, 11) is 0. The summed E-state index contributed by atoms with van der Waals surface area (Å²) in [6.07, 6.45) is 0. The average molecular weight is 179 g/mol. The predicted molar refractivity (Wildman–Crippen MR) is 45.7 cm³/mol. The molecule has 0 unspecified atom stereocenters. The second-order valence-corrected chi connectivity index (χ2v) is 3.38. The zero-order chi connectivity index (χ0) is 7.97. The van der Waals surface area contributed by atoms with E-state index in [1.165, 1.54) is 0 Å². The standard InChI is InChI=1S/C8H5NO2S/c1-2-6-7(9-3-12-6)8-5(1)10-4-11-8/h1-3H,4H2. The van der Waals surface area contributed by atoms with Gasteiger partial charge in [0.1, 0.15) is 5.52 Å². The van der Waals surface area contributed by atoms with E-state index in [1.54, 1.807) is 11.3 Å². The van der Waals surface area contributed by atoms with Crippen molar-refractivity contribution >= 4 is 21.6 Å². The van der Waals surface area contributed by atoms with E-state index in [2.05, 4.69) is 4.98 Å². The molecule has 3 nitrogen and oxygen atoms in total. The number of hydrogen-bond acceptors (Lipinski definition) is 4. The minimum Gasteiger partial charge on any atom is -0.454 e. The number of thiazole rings is 1. The van der Waals surface area contributed by atoms with Gasteiger partial charge in [-0.1, -0.05) is 0 Å². The van der Waals surface area contributed by atoms with E-state index >= 15 is 0 Å². The minimum atomic E-state index is 0.311. The molecule has 2 aromatic rings. The molecule has 0 atom stereocenters. The Morgan fingerprint density at radius 3 is 3.33 bits per heavy atom. The first-order valence-corrected chi connectivity index (χ1v) is 4.45. The number of rotatable bonds is 0. The molecule has 0 spiro atoms. The van der Waals surface area contributed by atoms with Gasteiger partial charge in [0.05, 0.1) is 10.2 Å². The lowest BCUT2D eigenvalue weighted by Gasteiger charge is -1.94. The molecular weight excluding hydrogens is 174 g/mol. The van der Waals surface area contributed by atoms with E-state index in [4.69, 9.17) is 9.47 Å². The molecule has 3 rings (SSSR count). The quantitative estimate of drug-likeness (QED) is 0.620. The highest BCUT2D eigenvalue weighted by atomic mass is 32.1. The van der Waals surface area contributed by atoms with Crippen molar-refractivity contribution in [2.24, 2.45) is 0 Å². The van der Waals surface area contributed by atoms with E-state index in [0.717, 1.165) is 21.7 Å². The van der Waals surface area contributed by atoms with Gasteiger partial charge in [-0.3, -0.25) is 0 Å². The van der Waals surface area contributed by atoms with Crippen molar-refractivity contribution < 1.29 is 9.47 Å². The van der Waals surface area contributed by atoms with Gasteiger partial charge in [-0.05, 0) is 12.1 Å². The van der Waals surface area contributed by atoms with Crippen LogP contribution in [0.25, 0.3) is 10.2 Å². The van der Waals surface area contributed by atoms with Crippen LogP contribution in [0.2, 0.25) is 0 Å². The van der Waals surface area contributed by atoms with Gasteiger partial charge in [0, 0.05) is 0 Å². The molecule has 0 radical (unpaired) electrons. The molecule has 0 N–H and O–H groups in total. The van der Waals surface area contributed by atoms with E-state index < -0.39 is 0 Å². The molecule has 0 saturated carbocycles. The van der Waals surface area contributed by atoms with E-state index in [9.17, 15) is 0 Å². The second kappa shape index (κ2) is 2.10. The Labute approximate surface area is 72.6 Å². The van der Waals surface area contributed by atoms with Crippen molar-refractivity contribution in [3.8, 4) is 11.5 Å². The Hall–Kier alpha value is -1.29. The smallest absolute Gasteiger partial charge is 0.231 e. The third-order valence-electron chi connectivity index (χ3n) is 1.84. The maximum atomic E-state index is 5.29. The molecule has 60 valence electrons. The van der Waals surface area contributed by atoms with Gasteiger partial charge in [0.25, 0.3) is 0 Å². The zero-order valence-corrected chi connectivity index (χ0v) is 6.93. The highest BCUT2D eigenvalue weighted by Gasteiger charge is 2.17. The molecule has 4 heteroatoms. The highest BCUT2D eigenvalue weighted by molar-refractivity contribution is 7.16. The summed E-state index contributed by atoms with van der Waals surface area (Å²) in [4.78, 5) is 4.20. The monoisotopic (exact) mass is 179 g/mol. The topological polar surface area (TPSA) is 31.4 Å². The molecule has 12 heavy (non-hydrogen) atoms. The summed E-state index contributed by atoms with van der Waals surface area (Å²) >= 11 is 1.61. The molecule has 1 aromatic carbocycles. The molecule has 0 amide bonds. The third kappa shape index (κ3) is 0.674. The minimum absolute atomic E-state index is 0.311. The average Bonchev–Trinajstić information content (AvgIpc) is 2.71. The van der Waals surface area contributed by atoms with Gasteiger partial charge in [0.2, 0.25) is 6.79 Å². The second-order valence-electron chi connectivity index (χ2n) is 2.50. The molecule has 1 aliphatic rings.